The largest absolute Gasteiger partial charge is 0.391 e. The van der Waals surface area contributed by atoms with Crippen LogP contribution in [-0.4, -0.2) is 42.2 Å². The molecule has 1 aromatic carbocycles. The summed E-state index contributed by atoms with van der Waals surface area (Å²) in [6.45, 7) is 4.04. The third kappa shape index (κ3) is 5.26. The molecule has 7 heteroatoms. The molecule has 1 saturated carbocycles. The lowest BCUT2D eigenvalue weighted by Gasteiger charge is -2.24. The lowest BCUT2D eigenvalue weighted by atomic mass is 9.95. The molecular weight excluding hydrogens is 400 g/mol. The summed E-state index contributed by atoms with van der Waals surface area (Å²) in [4.78, 5) is 9.75. The molecule has 2 aromatic heterocycles. The Labute approximate surface area is 190 Å². The molecule has 4 rings (SSSR count). The fourth-order valence-electron chi connectivity index (χ4n) is 4.66. The maximum absolute atomic E-state index is 10.6. The van der Waals surface area contributed by atoms with E-state index in [1.165, 1.54) is 32.1 Å². The number of anilines is 1. The summed E-state index contributed by atoms with van der Waals surface area (Å²) in [5.74, 6) is 1.41. The van der Waals surface area contributed by atoms with Gasteiger partial charge in [0.1, 0.15) is 0 Å². The third-order valence-corrected chi connectivity index (χ3v) is 6.53. The zero-order chi connectivity index (χ0) is 22.3. The van der Waals surface area contributed by atoms with Crippen molar-refractivity contribution in [1.82, 2.24) is 25.0 Å². The minimum atomic E-state index is -0.536. The highest BCUT2D eigenvalue weighted by Gasteiger charge is 2.25. The van der Waals surface area contributed by atoms with Crippen LogP contribution in [0.1, 0.15) is 84.1 Å². The molecule has 2 N–H and O–H groups in total. The number of aliphatic hydroxyl groups is 1. The van der Waals surface area contributed by atoms with Crippen molar-refractivity contribution in [3.63, 3.8) is 0 Å². The smallest absolute Gasteiger partial charge is 0.184 e. The third-order valence-electron chi connectivity index (χ3n) is 6.53. The molecule has 0 radical (unpaired) electrons. The zero-order valence-corrected chi connectivity index (χ0v) is 19.4. The summed E-state index contributed by atoms with van der Waals surface area (Å²) in [6, 6.07) is 10.3. The van der Waals surface area contributed by atoms with E-state index in [2.05, 4.69) is 22.6 Å². The molecule has 2 heterocycles. The first-order valence-corrected chi connectivity index (χ1v) is 12.3. The van der Waals surface area contributed by atoms with Gasteiger partial charge in [0.05, 0.1) is 12.1 Å². The zero-order valence-electron chi connectivity index (χ0n) is 19.4. The average molecular weight is 437 g/mol. The Hall–Kier alpha value is -2.54. The fraction of sp³-hybridized carbons (Fsp3) is 0.600. The van der Waals surface area contributed by atoms with Gasteiger partial charge in [0.2, 0.25) is 0 Å². The molecule has 172 valence electrons. The van der Waals surface area contributed by atoms with Gasteiger partial charge in [0, 0.05) is 11.6 Å². The average Bonchev–Trinajstić information content (AvgIpc) is 3.24. The van der Waals surface area contributed by atoms with Crippen LogP contribution in [0.25, 0.3) is 22.6 Å². The number of aromatic nitrogens is 5. The fourth-order valence-corrected chi connectivity index (χ4v) is 4.66. The summed E-state index contributed by atoms with van der Waals surface area (Å²) >= 11 is 0. The van der Waals surface area contributed by atoms with E-state index in [1.807, 2.05) is 41.9 Å². The Morgan fingerprint density at radius 1 is 1.06 bits per heavy atom. The molecule has 32 heavy (non-hydrogen) atoms. The van der Waals surface area contributed by atoms with Gasteiger partial charge in [-0.2, -0.15) is 0 Å². The maximum atomic E-state index is 10.6. The first-order valence-electron chi connectivity index (χ1n) is 12.3. The van der Waals surface area contributed by atoms with E-state index in [-0.39, 0.29) is 6.04 Å². The van der Waals surface area contributed by atoms with E-state index >= 15 is 0 Å². The summed E-state index contributed by atoms with van der Waals surface area (Å²) in [7, 11) is 0. The molecule has 1 fully saturated rings. The summed E-state index contributed by atoms with van der Waals surface area (Å²) in [6.07, 6.45) is 11.0. The first-order chi connectivity index (χ1) is 15.7. The molecule has 0 spiro atoms. The molecule has 0 bridgehead atoms. The van der Waals surface area contributed by atoms with Crippen LogP contribution in [0.15, 0.2) is 30.3 Å². The van der Waals surface area contributed by atoms with Crippen LogP contribution in [0, 0.1) is 0 Å². The van der Waals surface area contributed by atoms with Crippen molar-refractivity contribution in [1.29, 1.82) is 0 Å². The number of rotatable bonds is 10. The Bertz CT molecular complexity index is 981. The van der Waals surface area contributed by atoms with Crippen molar-refractivity contribution < 1.29 is 5.11 Å². The van der Waals surface area contributed by atoms with Crippen molar-refractivity contribution in [3.05, 3.63) is 30.3 Å². The second kappa shape index (κ2) is 10.9. The normalized spacial score (nSPS) is 16.8. The summed E-state index contributed by atoms with van der Waals surface area (Å²) < 4.78 is 1.83. The Balaban J connectivity index is 1.73. The number of nitrogens with zero attached hydrogens (tertiary/aromatic N) is 5. The molecule has 2 atom stereocenters. The Kier molecular flexibility index (Phi) is 7.68. The van der Waals surface area contributed by atoms with Gasteiger partial charge in [-0.15, -0.1) is 5.10 Å². The van der Waals surface area contributed by atoms with Crippen LogP contribution < -0.4 is 5.32 Å². The van der Waals surface area contributed by atoms with Gasteiger partial charge in [-0.05, 0) is 26.2 Å². The number of hydrogen-bond donors (Lipinski definition) is 2. The lowest BCUT2D eigenvalue weighted by molar-refractivity contribution is 0.116. The number of fused-ring (bicyclic) bond motifs is 1. The predicted octanol–water partition coefficient (Wildman–Crippen LogP) is 5.53. The highest BCUT2D eigenvalue weighted by molar-refractivity contribution is 5.84. The second-order valence-corrected chi connectivity index (χ2v) is 9.10. The first kappa shape index (κ1) is 22.6. The topological polar surface area (TPSA) is 88.8 Å². The van der Waals surface area contributed by atoms with Crippen molar-refractivity contribution >= 4 is 17.0 Å². The van der Waals surface area contributed by atoms with E-state index in [0.29, 0.717) is 23.0 Å². The van der Waals surface area contributed by atoms with Crippen LogP contribution in [0.2, 0.25) is 0 Å². The van der Waals surface area contributed by atoms with Crippen LogP contribution >= 0.6 is 0 Å². The van der Waals surface area contributed by atoms with Crippen molar-refractivity contribution in [2.24, 2.45) is 0 Å². The molecule has 0 amide bonds. The van der Waals surface area contributed by atoms with E-state index < -0.39 is 6.10 Å². The summed E-state index contributed by atoms with van der Waals surface area (Å²) in [5.41, 5.74) is 2.35. The number of nitrogens with one attached hydrogen (secondary N) is 1. The van der Waals surface area contributed by atoms with Crippen LogP contribution in [0.4, 0.5) is 5.82 Å². The van der Waals surface area contributed by atoms with Gasteiger partial charge in [0.25, 0.3) is 0 Å². The van der Waals surface area contributed by atoms with Crippen molar-refractivity contribution in [3.8, 4) is 11.4 Å². The van der Waals surface area contributed by atoms with Crippen LogP contribution in [0.3, 0.4) is 0 Å². The second-order valence-electron chi connectivity index (χ2n) is 9.10. The number of aliphatic hydroxyl groups excluding tert-OH is 1. The highest BCUT2D eigenvalue weighted by atomic mass is 16.3. The number of hydrogen-bond acceptors (Lipinski definition) is 6. The number of benzene rings is 1. The quantitative estimate of drug-likeness (QED) is 0.407. The van der Waals surface area contributed by atoms with Crippen molar-refractivity contribution in [2.45, 2.75) is 96.2 Å². The molecule has 1 aliphatic carbocycles. The van der Waals surface area contributed by atoms with Gasteiger partial charge >= 0.3 is 0 Å². The Morgan fingerprint density at radius 3 is 2.56 bits per heavy atom. The van der Waals surface area contributed by atoms with Crippen LogP contribution in [-0.2, 0) is 0 Å². The Morgan fingerprint density at radius 2 is 1.84 bits per heavy atom. The predicted molar refractivity (Wildman–Crippen MR) is 129 cm³/mol. The SMILES string of the molecule is CCCCCC[C@@H]([C@@H](C)O)n1nnc2c(NC3CCCCC3)nc(-c3ccccc3)nc21. The van der Waals surface area contributed by atoms with Gasteiger partial charge in [-0.3, -0.25) is 0 Å². The number of unbranched alkanes of at least 4 members (excludes halogenated alkanes) is 3. The maximum Gasteiger partial charge on any atom is 0.184 e. The molecule has 0 unspecified atom stereocenters. The van der Waals surface area contributed by atoms with Gasteiger partial charge in [0.15, 0.2) is 22.8 Å². The molecule has 7 nitrogen and oxygen atoms in total. The molecular formula is C25H36N6O. The highest BCUT2D eigenvalue weighted by Crippen LogP contribution is 2.30. The van der Waals surface area contributed by atoms with E-state index in [0.717, 1.165) is 43.5 Å². The van der Waals surface area contributed by atoms with E-state index in [9.17, 15) is 5.11 Å². The monoisotopic (exact) mass is 436 g/mol. The molecule has 1 aliphatic rings. The molecule has 0 aliphatic heterocycles. The summed E-state index contributed by atoms with van der Waals surface area (Å²) in [5, 5.41) is 23.2. The van der Waals surface area contributed by atoms with E-state index in [1.54, 1.807) is 0 Å². The minimum absolute atomic E-state index is 0.155. The van der Waals surface area contributed by atoms with Gasteiger partial charge in [-0.1, -0.05) is 87.4 Å². The van der Waals surface area contributed by atoms with Crippen molar-refractivity contribution in [2.75, 3.05) is 5.32 Å². The molecule has 0 saturated heterocycles. The van der Waals surface area contributed by atoms with Crippen LogP contribution in [0.5, 0.6) is 0 Å². The minimum Gasteiger partial charge on any atom is -0.391 e. The van der Waals surface area contributed by atoms with E-state index in [4.69, 9.17) is 9.97 Å². The lowest BCUT2D eigenvalue weighted by Crippen LogP contribution is -2.24. The van der Waals surface area contributed by atoms with Gasteiger partial charge < -0.3 is 10.4 Å². The standard InChI is InChI=1S/C25H36N6O/c1-3-4-5-12-17-21(18(2)32)31-25-22(29-30-31)24(26-20-15-10-7-11-16-20)27-23(28-25)19-13-8-6-9-14-19/h6,8-9,13-14,18,20-21,32H,3-5,7,10-12,15-17H2,1-2H3,(H,26,27,28)/t18-,21+/m1/s1. The van der Waals surface area contributed by atoms with Gasteiger partial charge in [-0.25, -0.2) is 14.6 Å². The molecule has 3 aromatic rings.